The summed E-state index contributed by atoms with van der Waals surface area (Å²) in [5.41, 5.74) is 0. The van der Waals surface area contributed by atoms with Crippen molar-refractivity contribution in [3.8, 4) is 0 Å². The molecule has 1 aromatic rings. The lowest BCUT2D eigenvalue weighted by molar-refractivity contribution is 0.0389. The molecule has 0 aliphatic carbocycles. The van der Waals surface area contributed by atoms with Gasteiger partial charge in [-0.3, -0.25) is 14.8 Å². The van der Waals surface area contributed by atoms with Gasteiger partial charge >= 0.3 is 0 Å². The summed E-state index contributed by atoms with van der Waals surface area (Å²) < 4.78 is 11.1. The molecular weight excluding hydrogens is 457 g/mol. The first-order valence-corrected chi connectivity index (χ1v) is 9.96. The van der Waals surface area contributed by atoms with E-state index >= 15 is 0 Å². The van der Waals surface area contributed by atoms with Crippen molar-refractivity contribution in [1.82, 2.24) is 20.4 Å². The Morgan fingerprint density at radius 3 is 2.63 bits per heavy atom. The summed E-state index contributed by atoms with van der Waals surface area (Å²) in [6, 6.07) is 4.26. The Morgan fingerprint density at radius 1 is 1.19 bits per heavy atom. The van der Waals surface area contributed by atoms with Gasteiger partial charge in [-0.2, -0.15) is 0 Å². The largest absolute Gasteiger partial charge is 0.468 e. The molecule has 0 radical (unpaired) electrons. The maximum Gasteiger partial charge on any atom is 0.191 e. The zero-order valence-corrected chi connectivity index (χ0v) is 18.7. The Hall–Kier alpha value is -0.840. The average molecular weight is 491 g/mol. The van der Waals surface area contributed by atoms with Gasteiger partial charge in [0.2, 0.25) is 0 Å². The molecule has 0 saturated carbocycles. The minimum atomic E-state index is 0. The van der Waals surface area contributed by atoms with E-state index in [1.54, 1.807) is 6.26 Å². The Labute approximate surface area is 179 Å². The van der Waals surface area contributed by atoms with Gasteiger partial charge in [-0.1, -0.05) is 0 Å². The third-order valence-corrected chi connectivity index (χ3v) is 5.04. The number of morpholine rings is 1. The number of nitrogens with one attached hydrogen (secondary N) is 2. The number of aliphatic imine (C=N–C) groups is 1. The Bertz CT molecular complexity index is 528. The fourth-order valence-electron chi connectivity index (χ4n) is 3.60. The number of ether oxygens (including phenoxy) is 1. The van der Waals surface area contributed by atoms with E-state index in [0.29, 0.717) is 6.54 Å². The molecule has 1 unspecified atom stereocenters. The van der Waals surface area contributed by atoms with Gasteiger partial charge in [0.05, 0.1) is 32.1 Å². The van der Waals surface area contributed by atoms with Gasteiger partial charge in [0.1, 0.15) is 5.76 Å². The van der Waals surface area contributed by atoms with Crippen LogP contribution in [-0.4, -0.2) is 81.3 Å². The minimum Gasteiger partial charge on any atom is -0.468 e. The van der Waals surface area contributed by atoms with Crippen LogP contribution in [0.3, 0.4) is 0 Å². The molecule has 2 N–H and O–H groups in total. The van der Waals surface area contributed by atoms with E-state index in [0.717, 1.165) is 70.7 Å². The van der Waals surface area contributed by atoms with Crippen molar-refractivity contribution < 1.29 is 9.15 Å². The molecule has 1 atom stereocenters. The number of furan rings is 1. The predicted molar refractivity (Wildman–Crippen MR) is 119 cm³/mol. The van der Waals surface area contributed by atoms with E-state index in [2.05, 4.69) is 33.4 Å². The van der Waals surface area contributed by atoms with Gasteiger partial charge in [-0.25, -0.2) is 0 Å². The van der Waals surface area contributed by atoms with Crippen LogP contribution < -0.4 is 10.6 Å². The molecule has 3 rings (SSSR count). The van der Waals surface area contributed by atoms with Gasteiger partial charge in [0, 0.05) is 32.7 Å². The smallest absolute Gasteiger partial charge is 0.191 e. The van der Waals surface area contributed by atoms with E-state index in [1.165, 1.54) is 12.8 Å². The summed E-state index contributed by atoms with van der Waals surface area (Å²) in [5, 5.41) is 6.82. The van der Waals surface area contributed by atoms with E-state index in [9.17, 15) is 0 Å². The molecule has 2 fully saturated rings. The number of nitrogens with zero attached hydrogens (tertiary/aromatic N) is 3. The van der Waals surface area contributed by atoms with Crippen LogP contribution in [0.4, 0.5) is 0 Å². The minimum absolute atomic E-state index is 0. The second-order valence-electron chi connectivity index (χ2n) is 6.87. The average Bonchev–Trinajstić information content (AvgIpc) is 3.37. The van der Waals surface area contributed by atoms with Crippen LogP contribution in [0.25, 0.3) is 0 Å². The molecule has 2 aliphatic rings. The van der Waals surface area contributed by atoms with Crippen molar-refractivity contribution >= 4 is 29.9 Å². The van der Waals surface area contributed by atoms with Crippen LogP contribution in [0.1, 0.15) is 31.6 Å². The normalized spacial score (nSPS) is 20.3. The van der Waals surface area contributed by atoms with Gasteiger partial charge in [0.15, 0.2) is 5.96 Å². The zero-order chi connectivity index (χ0) is 18.0. The highest BCUT2D eigenvalue weighted by Crippen LogP contribution is 2.25. The van der Waals surface area contributed by atoms with Crippen molar-refractivity contribution in [2.75, 3.05) is 65.6 Å². The van der Waals surface area contributed by atoms with Crippen LogP contribution in [0, 0.1) is 0 Å². The first-order chi connectivity index (χ1) is 12.9. The van der Waals surface area contributed by atoms with Gasteiger partial charge in [-0.05, 0) is 45.0 Å². The summed E-state index contributed by atoms with van der Waals surface area (Å²) in [6.07, 6.45) is 4.28. The summed E-state index contributed by atoms with van der Waals surface area (Å²) in [5.74, 6) is 1.90. The van der Waals surface area contributed by atoms with E-state index < -0.39 is 0 Å². The van der Waals surface area contributed by atoms with Gasteiger partial charge in [-0.15, -0.1) is 24.0 Å². The van der Waals surface area contributed by atoms with Crippen molar-refractivity contribution in [2.24, 2.45) is 4.99 Å². The lowest BCUT2D eigenvalue weighted by Crippen LogP contribution is -2.44. The zero-order valence-electron chi connectivity index (χ0n) is 16.4. The van der Waals surface area contributed by atoms with E-state index in [1.807, 2.05) is 6.07 Å². The number of hydrogen-bond donors (Lipinski definition) is 2. The first kappa shape index (κ1) is 22.4. The van der Waals surface area contributed by atoms with Crippen LogP contribution in [0.2, 0.25) is 0 Å². The highest BCUT2D eigenvalue weighted by Gasteiger charge is 2.25. The molecule has 8 heteroatoms. The SMILES string of the molecule is CCNC(=NCC(c1ccco1)N1CCCC1)NCCN1CCOCC1.I. The lowest BCUT2D eigenvalue weighted by atomic mass is 10.2. The predicted octanol–water partition coefficient (Wildman–Crippen LogP) is 1.92. The van der Waals surface area contributed by atoms with Crippen molar-refractivity contribution in [2.45, 2.75) is 25.8 Å². The Morgan fingerprint density at radius 2 is 1.96 bits per heavy atom. The standard InChI is InChI=1S/C19H33N5O2.HI/c1-2-20-19(21-7-10-23-11-14-25-15-12-23)22-16-17(18-6-5-13-26-18)24-8-3-4-9-24;/h5-6,13,17H,2-4,7-12,14-16H2,1H3,(H2,20,21,22);1H. The second-order valence-corrected chi connectivity index (χ2v) is 6.87. The number of hydrogen-bond acceptors (Lipinski definition) is 5. The third-order valence-electron chi connectivity index (χ3n) is 5.04. The van der Waals surface area contributed by atoms with Gasteiger partial charge < -0.3 is 19.8 Å². The summed E-state index contributed by atoms with van der Waals surface area (Å²) in [4.78, 5) is 9.76. The Balaban J connectivity index is 0.00000261. The van der Waals surface area contributed by atoms with Crippen molar-refractivity contribution in [1.29, 1.82) is 0 Å². The Kier molecular flexibility index (Phi) is 10.5. The highest BCUT2D eigenvalue weighted by molar-refractivity contribution is 14.0. The molecule has 0 bridgehead atoms. The van der Waals surface area contributed by atoms with Crippen LogP contribution in [0.15, 0.2) is 27.8 Å². The first-order valence-electron chi connectivity index (χ1n) is 9.96. The lowest BCUT2D eigenvalue weighted by Gasteiger charge is -2.27. The fraction of sp³-hybridized carbons (Fsp3) is 0.737. The third kappa shape index (κ3) is 7.24. The molecule has 0 aromatic carbocycles. The molecule has 154 valence electrons. The number of rotatable bonds is 8. The van der Waals surface area contributed by atoms with Crippen molar-refractivity contribution in [3.05, 3.63) is 24.2 Å². The van der Waals surface area contributed by atoms with Crippen LogP contribution >= 0.6 is 24.0 Å². The molecule has 2 saturated heterocycles. The second kappa shape index (κ2) is 12.6. The summed E-state index contributed by atoms with van der Waals surface area (Å²) in [6.45, 7) is 11.5. The summed E-state index contributed by atoms with van der Waals surface area (Å²) in [7, 11) is 0. The molecule has 2 aliphatic heterocycles. The van der Waals surface area contributed by atoms with Gasteiger partial charge in [0.25, 0.3) is 0 Å². The van der Waals surface area contributed by atoms with Crippen LogP contribution in [-0.2, 0) is 4.74 Å². The number of halogens is 1. The fourth-order valence-corrected chi connectivity index (χ4v) is 3.60. The molecule has 1 aromatic heterocycles. The monoisotopic (exact) mass is 491 g/mol. The van der Waals surface area contributed by atoms with E-state index in [-0.39, 0.29) is 30.0 Å². The number of guanidine groups is 1. The quantitative estimate of drug-likeness (QED) is 0.329. The maximum absolute atomic E-state index is 5.69. The molecule has 3 heterocycles. The molecule has 7 nitrogen and oxygen atoms in total. The van der Waals surface area contributed by atoms with Crippen LogP contribution in [0.5, 0.6) is 0 Å². The highest BCUT2D eigenvalue weighted by atomic mass is 127. The van der Waals surface area contributed by atoms with Crippen molar-refractivity contribution in [3.63, 3.8) is 0 Å². The number of likely N-dealkylation sites (tertiary alicyclic amines) is 1. The molecule has 27 heavy (non-hydrogen) atoms. The van der Waals surface area contributed by atoms with E-state index in [4.69, 9.17) is 14.1 Å². The molecule has 0 spiro atoms. The molecular formula is C19H34IN5O2. The topological polar surface area (TPSA) is 65.3 Å². The molecule has 0 amide bonds. The maximum atomic E-state index is 5.69. The summed E-state index contributed by atoms with van der Waals surface area (Å²) >= 11 is 0.